The Balaban J connectivity index is 2.18. The maximum atomic E-state index is 11.7. The molecule has 3 N–H and O–H groups in total. The van der Waals surface area contributed by atoms with E-state index in [9.17, 15) is 14.4 Å². The number of carbonyl (C=O) groups is 1. The minimum absolute atomic E-state index is 0.221. The van der Waals surface area contributed by atoms with Crippen molar-refractivity contribution in [2.24, 2.45) is 0 Å². The summed E-state index contributed by atoms with van der Waals surface area (Å²) in [5, 5.41) is 2.71. The molecule has 1 unspecified atom stereocenters. The molecule has 90 valence electrons. The normalized spacial score (nSPS) is 17.3. The summed E-state index contributed by atoms with van der Waals surface area (Å²) in [6, 6.07) is 6.52. The van der Waals surface area contributed by atoms with Gasteiger partial charge in [-0.25, -0.2) is 4.79 Å². The van der Waals surface area contributed by atoms with E-state index in [1.807, 2.05) is 0 Å². The van der Waals surface area contributed by atoms with Gasteiger partial charge in [-0.3, -0.25) is 14.6 Å². The summed E-state index contributed by atoms with van der Waals surface area (Å²) in [5.74, 6) is -0.221. The number of fused-ring (bicyclic) bond motifs is 1. The SMILES string of the molecule is O=C1NC(c2c[nH]c(=O)[nH]c2=O)c2ccccc21. The third kappa shape index (κ3) is 1.46. The molecule has 0 radical (unpaired) electrons. The Labute approximate surface area is 101 Å². The van der Waals surface area contributed by atoms with E-state index in [2.05, 4.69) is 15.3 Å². The predicted molar refractivity (Wildman–Crippen MR) is 63.4 cm³/mol. The van der Waals surface area contributed by atoms with Crippen LogP contribution in [0.4, 0.5) is 0 Å². The zero-order valence-corrected chi connectivity index (χ0v) is 9.19. The van der Waals surface area contributed by atoms with Gasteiger partial charge in [-0.15, -0.1) is 0 Å². The molecule has 0 saturated heterocycles. The highest BCUT2D eigenvalue weighted by Crippen LogP contribution is 2.28. The highest BCUT2D eigenvalue weighted by atomic mass is 16.2. The van der Waals surface area contributed by atoms with Crippen LogP contribution in [0.25, 0.3) is 0 Å². The highest BCUT2D eigenvalue weighted by molar-refractivity contribution is 5.99. The first-order valence-electron chi connectivity index (χ1n) is 5.38. The van der Waals surface area contributed by atoms with Crippen molar-refractivity contribution in [3.05, 3.63) is 68.0 Å². The van der Waals surface area contributed by atoms with Crippen molar-refractivity contribution in [3.63, 3.8) is 0 Å². The number of aromatic nitrogens is 2. The number of carbonyl (C=O) groups excluding carboxylic acids is 1. The Bertz CT molecular complexity index is 744. The van der Waals surface area contributed by atoms with Crippen LogP contribution in [-0.4, -0.2) is 15.9 Å². The lowest BCUT2D eigenvalue weighted by molar-refractivity contribution is 0.0960. The predicted octanol–water partition coefficient (Wildman–Crippen LogP) is -0.104. The third-order valence-electron chi connectivity index (χ3n) is 2.95. The van der Waals surface area contributed by atoms with E-state index in [0.717, 1.165) is 5.56 Å². The topological polar surface area (TPSA) is 94.8 Å². The van der Waals surface area contributed by atoms with E-state index in [1.54, 1.807) is 24.3 Å². The molecule has 3 rings (SSSR count). The molecule has 1 aliphatic heterocycles. The van der Waals surface area contributed by atoms with Crippen LogP contribution in [0.1, 0.15) is 27.5 Å². The number of hydrogen-bond acceptors (Lipinski definition) is 3. The average Bonchev–Trinajstić information content (AvgIpc) is 2.68. The fourth-order valence-corrected chi connectivity index (χ4v) is 2.12. The van der Waals surface area contributed by atoms with Crippen LogP contribution in [0, 0.1) is 0 Å². The van der Waals surface area contributed by atoms with E-state index >= 15 is 0 Å². The number of hydrogen-bond donors (Lipinski definition) is 3. The quantitative estimate of drug-likeness (QED) is 0.652. The Morgan fingerprint density at radius 2 is 1.78 bits per heavy atom. The van der Waals surface area contributed by atoms with Gasteiger partial charge in [-0.2, -0.15) is 0 Å². The molecular formula is C12H9N3O3. The summed E-state index contributed by atoms with van der Waals surface area (Å²) in [5.41, 5.74) is 0.531. The summed E-state index contributed by atoms with van der Waals surface area (Å²) >= 11 is 0. The van der Waals surface area contributed by atoms with Crippen LogP contribution in [0.15, 0.2) is 40.1 Å². The van der Waals surface area contributed by atoms with E-state index < -0.39 is 17.3 Å². The number of amides is 1. The molecule has 2 heterocycles. The Morgan fingerprint density at radius 1 is 1.00 bits per heavy atom. The molecule has 0 spiro atoms. The first kappa shape index (κ1) is 10.5. The van der Waals surface area contributed by atoms with Crippen LogP contribution >= 0.6 is 0 Å². The van der Waals surface area contributed by atoms with Crippen molar-refractivity contribution in [3.8, 4) is 0 Å². The van der Waals surface area contributed by atoms with Crippen LogP contribution in [0.2, 0.25) is 0 Å². The van der Waals surface area contributed by atoms with Gasteiger partial charge in [0.25, 0.3) is 11.5 Å². The monoisotopic (exact) mass is 243 g/mol. The van der Waals surface area contributed by atoms with Crippen molar-refractivity contribution in [2.45, 2.75) is 6.04 Å². The largest absolute Gasteiger partial charge is 0.341 e. The van der Waals surface area contributed by atoms with Crippen LogP contribution in [0.5, 0.6) is 0 Å². The average molecular weight is 243 g/mol. The van der Waals surface area contributed by atoms with Gasteiger partial charge in [0.15, 0.2) is 0 Å². The summed E-state index contributed by atoms with van der Waals surface area (Å²) in [6.07, 6.45) is 1.33. The minimum Gasteiger partial charge on any atom is -0.341 e. The van der Waals surface area contributed by atoms with Gasteiger partial charge in [-0.05, 0) is 11.6 Å². The van der Waals surface area contributed by atoms with Gasteiger partial charge in [0.1, 0.15) is 0 Å². The van der Waals surface area contributed by atoms with Gasteiger partial charge in [0.05, 0.1) is 11.6 Å². The van der Waals surface area contributed by atoms with E-state index in [1.165, 1.54) is 6.20 Å². The lowest BCUT2D eigenvalue weighted by Gasteiger charge is -2.10. The second-order valence-corrected chi connectivity index (χ2v) is 4.02. The van der Waals surface area contributed by atoms with Gasteiger partial charge in [0.2, 0.25) is 0 Å². The van der Waals surface area contributed by atoms with Gasteiger partial charge in [0, 0.05) is 11.8 Å². The molecule has 1 atom stereocenters. The molecule has 0 bridgehead atoms. The fraction of sp³-hybridized carbons (Fsp3) is 0.0833. The summed E-state index contributed by atoms with van der Waals surface area (Å²) in [4.78, 5) is 39.0. The molecule has 1 aromatic heterocycles. The van der Waals surface area contributed by atoms with Crippen LogP contribution < -0.4 is 16.6 Å². The third-order valence-corrected chi connectivity index (χ3v) is 2.95. The van der Waals surface area contributed by atoms with Crippen molar-refractivity contribution in [2.75, 3.05) is 0 Å². The Morgan fingerprint density at radius 3 is 2.56 bits per heavy atom. The smallest absolute Gasteiger partial charge is 0.325 e. The molecule has 1 aromatic carbocycles. The lowest BCUT2D eigenvalue weighted by atomic mass is 10.0. The number of nitrogens with one attached hydrogen (secondary N) is 3. The standard InChI is InChI=1S/C12H9N3O3/c16-10-7-4-2-1-3-6(7)9(14-10)8-5-13-12(18)15-11(8)17/h1-5,9H,(H,14,16)(H2,13,15,17,18). The lowest BCUT2D eigenvalue weighted by Crippen LogP contribution is -2.30. The summed E-state index contributed by atoms with van der Waals surface area (Å²) in [7, 11) is 0. The zero-order valence-electron chi connectivity index (χ0n) is 9.19. The molecule has 1 aliphatic rings. The van der Waals surface area contributed by atoms with Crippen molar-refractivity contribution in [1.29, 1.82) is 0 Å². The van der Waals surface area contributed by atoms with Crippen molar-refractivity contribution in [1.82, 2.24) is 15.3 Å². The molecule has 0 saturated carbocycles. The van der Waals surface area contributed by atoms with Crippen LogP contribution in [0.3, 0.4) is 0 Å². The second kappa shape index (κ2) is 3.69. The number of H-pyrrole nitrogens is 2. The van der Waals surface area contributed by atoms with Gasteiger partial charge >= 0.3 is 5.69 Å². The van der Waals surface area contributed by atoms with E-state index in [0.29, 0.717) is 11.1 Å². The molecule has 18 heavy (non-hydrogen) atoms. The summed E-state index contributed by atoms with van der Waals surface area (Å²) < 4.78 is 0. The van der Waals surface area contributed by atoms with Gasteiger partial charge < -0.3 is 10.3 Å². The first-order valence-corrected chi connectivity index (χ1v) is 5.38. The molecule has 1 amide bonds. The molecule has 2 aromatic rings. The van der Waals surface area contributed by atoms with Crippen molar-refractivity contribution < 1.29 is 4.79 Å². The molecule has 0 fully saturated rings. The highest BCUT2D eigenvalue weighted by Gasteiger charge is 2.30. The summed E-state index contributed by atoms with van der Waals surface area (Å²) in [6.45, 7) is 0. The fourth-order valence-electron chi connectivity index (χ4n) is 2.12. The van der Waals surface area contributed by atoms with Crippen molar-refractivity contribution >= 4 is 5.91 Å². The van der Waals surface area contributed by atoms with Gasteiger partial charge in [-0.1, -0.05) is 18.2 Å². The zero-order chi connectivity index (χ0) is 12.7. The number of aromatic amines is 2. The first-order chi connectivity index (χ1) is 8.66. The molecule has 6 nitrogen and oxygen atoms in total. The van der Waals surface area contributed by atoms with E-state index in [-0.39, 0.29) is 5.91 Å². The molecule has 6 heteroatoms. The maximum absolute atomic E-state index is 11.7. The molecule has 0 aliphatic carbocycles. The number of rotatable bonds is 1. The number of benzene rings is 1. The van der Waals surface area contributed by atoms with Crippen LogP contribution in [-0.2, 0) is 0 Å². The Kier molecular flexibility index (Phi) is 2.16. The minimum atomic E-state index is -0.568. The second-order valence-electron chi connectivity index (χ2n) is 4.02. The van der Waals surface area contributed by atoms with E-state index in [4.69, 9.17) is 0 Å². The Hall–Kier alpha value is -2.63. The maximum Gasteiger partial charge on any atom is 0.325 e. The molecular weight excluding hydrogens is 234 g/mol.